The van der Waals surface area contributed by atoms with Gasteiger partial charge in [0.2, 0.25) is 0 Å². The maximum absolute atomic E-state index is 5.15. The van der Waals surface area contributed by atoms with Crippen molar-refractivity contribution in [3.63, 3.8) is 0 Å². The quantitative estimate of drug-likeness (QED) is 0.751. The highest BCUT2D eigenvalue weighted by Crippen LogP contribution is 2.01. The molecule has 0 saturated heterocycles. The predicted molar refractivity (Wildman–Crippen MR) is 55.5 cm³/mol. The van der Waals surface area contributed by atoms with Crippen molar-refractivity contribution in [1.29, 1.82) is 0 Å². The number of nitrogens with one attached hydrogen (secondary N) is 1. The van der Waals surface area contributed by atoms with Crippen molar-refractivity contribution in [3.8, 4) is 0 Å². The van der Waals surface area contributed by atoms with E-state index in [1.54, 1.807) is 6.26 Å². The van der Waals surface area contributed by atoms with Crippen LogP contribution < -0.4 is 5.32 Å². The molecule has 13 heavy (non-hydrogen) atoms. The molecule has 1 unspecified atom stereocenters. The number of rotatable bonds is 5. The standard InChI is InChI=1S/C11H17NO/c1-3-10(2)12-8-4-6-11-7-5-9-13-11/h4-7,9-10,12H,3,8H2,1-2H3/b6-4+. The van der Waals surface area contributed by atoms with Gasteiger partial charge in [0.05, 0.1) is 6.26 Å². The van der Waals surface area contributed by atoms with Crippen molar-refractivity contribution in [3.05, 3.63) is 30.2 Å². The lowest BCUT2D eigenvalue weighted by molar-refractivity contribution is 0.554. The van der Waals surface area contributed by atoms with Crippen LogP contribution in [0.4, 0.5) is 0 Å². The molecule has 0 fully saturated rings. The van der Waals surface area contributed by atoms with Crippen LogP contribution in [0.5, 0.6) is 0 Å². The summed E-state index contributed by atoms with van der Waals surface area (Å²) in [6.07, 6.45) is 6.90. The second kappa shape index (κ2) is 5.60. The van der Waals surface area contributed by atoms with Gasteiger partial charge in [0.25, 0.3) is 0 Å². The zero-order chi connectivity index (χ0) is 9.52. The molecule has 0 spiro atoms. The van der Waals surface area contributed by atoms with Gasteiger partial charge < -0.3 is 9.73 Å². The third-order valence-corrected chi connectivity index (χ3v) is 2.02. The lowest BCUT2D eigenvalue weighted by atomic mass is 10.2. The van der Waals surface area contributed by atoms with Crippen LogP contribution in [0.15, 0.2) is 28.9 Å². The maximum Gasteiger partial charge on any atom is 0.126 e. The molecular formula is C11H17NO. The van der Waals surface area contributed by atoms with Crippen LogP contribution >= 0.6 is 0 Å². The Morgan fingerprint density at radius 3 is 3.08 bits per heavy atom. The van der Waals surface area contributed by atoms with Gasteiger partial charge >= 0.3 is 0 Å². The highest BCUT2D eigenvalue weighted by molar-refractivity contribution is 5.42. The second-order valence-corrected chi connectivity index (χ2v) is 3.14. The van der Waals surface area contributed by atoms with E-state index < -0.39 is 0 Å². The van der Waals surface area contributed by atoms with E-state index in [1.807, 2.05) is 18.2 Å². The molecule has 72 valence electrons. The molecule has 0 aliphatic carbocycles. The van der Waals surface area contributed by atoms with E-state index >= 15 is 0 Å². The topological polar surface area (TPSA) is 25.2 Å². The first kappa shape index (κ1) is 10.1. The van der Waals surface area contributed by atoms with Gasteiger partial charge in [-0.1, -0.05) is 13.0 Å². The second-order valence-electron chi connectivity index (χ2n) is 3.14. The largest absolute Gasteiger partial charge is 0.465 e. The summed E-state index contributed by atoms with van der Waals surface area (Å²) < 4.78 is 5.15. The number of hydrogen-bond donors (Lipinski definition) is 1. The monoisotopic (exact) mass is 179 g/mol. The molecule has 1 atom stereocenters. The molecular weight excluding hydrogens is 162 g/mol. The van der Waals surface area contributed by atoms with Crippen molar-refractivity contribution in [2.75, 3.05) is 6.54 Å². The summed E-state index contributed by atoms with van der Waals surface area (Å²) in [7, 11) is 0. The lowest BCUT2D eigenvalue weighted by Crippen LogP contribution is -2.24. The van der Waals surface area contributed by atoms with Crippen molar-refractivity contribution in [2.45, 2.75) is 26.3 Å². The zero-order valence-electron chi connectivity index (χ0n) is 8.29. The summed E-state index contributed by atoms with van der Waals surface area (Å²) in [5, 5.41) is 3.37. The van der Waals surface area contributed by atoms with Crippen LogP contribution in [0.25, 0.3) is 6.08 Å². The minimum Gasteiger partial charge on any atom is -0.465 e. The predicted octanol–water partition coefficient (Wildman–Crippen LogP) is 2.68. The molecule has 1 N–H and O–H groups in total. The first-order chi connectivity index (χ1) is 6.33. The van der Waals surface area contributed by atoms with Crippen molar-refractivity contribution >= 4 is 6.08 Å². The van der Waals surface area contributed by atoms with Crippen LogP contribution in [0.2, 0.25) is 0 Å². The Balaban J connectivity index is 2.19. The Labute approximate surface area is 79.6 Å². The summed E-state index contributed by atoms with van der Waals surface area (Å²) in [6, 6.07) is 4.42. The van der Waals surface area contributed by atoms with Crippen LogP contribution in [-0.4, -0.2) is 12.6 Å². The third-order valence-electron chi connectivity index (χ3n) is 2.02. The van der Waals surface area contributed by atoms with Gasteiger partial charge in [-0.2, -0.15) is 0 Å². The lowest BCUT2D eigenvalue weighted by Gasteiger charge is -2.07. The fourth-order valence-corrected chi connectivity index (χ4v) is 0.975. The molecule has 0 aliphatic heterocycles. The molecule has 0 bridgehead atoms. The van der Waals surface area contributed by atoms with Crippen LogP contribution in [0.1, 0.15) is 26.0 Å². The van der Waals surface area contributed by atoms with Crippen LogP contribution in [0, 0.1) is 0 Å². The van der Waals surface area contributed by atoms with Gasteiger partial charge in [-0.3, -0.25) is 0 Å². The van der Waals surface area contributed by atoms with Gasteiger partial charge in [-0.15, -0.1) is 0 Å². The summed E-state index contributed by atoms with van der Waals surface area (Å²) >= 11 is 0. The molecule has 2 heteroatoms. The summed E-state index contributed by atoms with van der Waals surface area (Å²) in [4.78, 5) is 0. The van der Waals surface area contributed by atoms with E-state index in [1.165, 1.54) is 0 Å². The molecule has 1 aromatic heterocycles. The Kier molecular flexibility index (Phi) is 4.33. The van der Waals surface area contributed by atoms with E-state index in [9.17, 15) is 0 Å². The van der Waals surface area contributed by atoms with Gasteiger partial charge in [0, 0.05) is 12.6 Å². The van der Waals surface area contributed by atoms with Crippen molar-refractivity contribution in [1.82, 2.24) is 5.32 Å². The molecule has 0 amide bonds. The molecule has 1 rings (SSSR count). The van der Waals surface area contributed by atoms with E-state index in [4.69, 9.17) is 4.42 Å². The average Bonchev–Trinajstić information content (AvgIpc) is 2.64. The summed E-state index contributed by atoms with van der Waals surface area (Å²) in [5.74, 6) is 0.908. The Morgan fingerprint density at radius 2 is 2.46 bits per heavy atom. The minimum atomic E-state index is 0.584. The number of furan rings is 1. The van der Waals surface area contributed by atoms with Crippen molar-refractivity contribution < 1.29 is 4.42 Å². The normalized spacial score (nSPS) is 13.7. The SMILES string of the molecule is CCC(C)NC/C=C/c1ccco1. The van der Waals surface area contributed by atoms with E-state index in [-0.39, 0.29) is 0 Å². The molecule has 2 nitrogen and oxygen atoms in total. The molecule has 0 radical (unpaired) electrons. The Morgan fingerprint density at radius 1 is 1.62 bits per heavy atom. The molecule has 1 aromatic rings. The zero-order valence-corrected chi connectivity index (χ0v) is 8.29. The average molecular weight is 179 g/mol. The Bertz CT molecular complexity index is 239. The van der Waals surface area contributed by atoms with Gasteiger partial charge in [0.1, 0.15) is 5.76 Å². The molecule has 1 heterocycles. The highest BCUT2D eigenvalue weighted by Gasteiger charge is 1.93. The van der Waals surface area contributed by atoms with E-state index in [0.29, 0.717) is 6.04 Å². The third kappa shape index (κ3) is 3.95. The highest BCUT2D eigenvalue weighted by atomic mass is 16.3. The fourth-order valence-electron chi connectivity index (χ4n) is 0.975. The fraction of sp³-hybridized carbons (Fsp3) is 0.455. The molecule has 0 aliphatic rings. The van der Waals surface area contributed by atoms with Crippen molar-refractivity contribution in [2.24, 2.45) is 0 Å². The van der Waals surface area contributed by atoms with E-state index in [2.05, 4.69) is 25.2 Å². The van der Waals surface area contributed by atoms with Crippen LogP contribution in [-0.2, 0) is 0 Å². The van der Waals surface area contributed by atoms with Gasteiger partial charge in [-0.05, 0) is 31.6 Å². The number of hydrogen-bond acceptors (Lipinski definition) is 2. The Hall–Kier alpha value is -1.02. The molecule has 0 saturated carbocycles. The van der Waals surface area contributed by atoms with E-state index in [0.717, 1.165) is 18.7 Å². The minimum absolute atomic E-state index is 0.584. The summed E-state index contributed by atoms with van der Waals surface area (Å²) in [6.45, 7) is 5.25. The van der Waals surface area contributed by atoms with Crippen LogP contribution in [0.3, 0.4) is 0 Å². The summed E-state index contributed by atoms with van der Waals surface area (Å²) in [5.41, 5.74) is 0. The smallest absolute Gasteiger partial charge is 0.126 e. The first-order valence-corrected chi connectivity index (χ1v) is 4.76. The van der Waals surface area contributed by atoms with Gasteiger partial charge in [-0.25, -0.2) is 0 Å². The first-order valence-electron chi connectivity index (χ1n) is 4.76. The maximum atomic E-state index is 5.15. The van der Waals surface area contributed by atoms with Gasteiger partial charge in [0.15, 0.2) is 0 Å². The molecule has 0 aromatic carbocycles.